The van der Waals surface area contributed by atoms with Crippen LogP contribution in [0, 0.1) is 17.0 Å². The highest BCUT2D eigenvalue weighted by Gasteiger charge is 2.14. The second-order valence-electron chi connectivity index (χ2n) is 6.60. The average Bonchev–Trinajstić information content (AvgIpc) is 3.10. The van der Waals surface area contributed by atoms with E-state index in [-0.39, 0.29) is 29.8 Å². The number of non-ortho nitro benzene ring substituents is 1. The normalized spacial score (nSPS) is 10.5. The Morgan fingerprint density at radius 2 is 1.84 bits per heavy atom. The van der Waals surface area contributed by atoms with Crippen LogP contribution in [0.4, 0.5) is 11.4 Å². The summed E-state index contributed by atoms with van der Waals surface area (Å²) in [7, 11) is 1.76. The molecule has 31 heavy (non-hydrogen) atoms. The molecule has 0 saturated carbocycles. The Kier molecular flexibility index (Phi) is 6.98. The molecule has 0 saturated heterocycles. The van der Waals surface area contributed by atoms with E-state index in [9.17, 15) is 19.7 Å². The van der Waals surface area contributed by atoms with Gasteiger partial charge in [-0.25, -0.2) is 0 Å². The van der Waals surface area contributed by atoms with E-state index in [2.05, 4.69) is 20.8 Å². The quantitative estimate of drug-likeness (QED) is 0.313. The van der Waals surface area contributed by atoms with Crippen molar-refractivity contribution in [1.29, 1.82) is 0 Å². The number of nitro groups is 1. The van der Waals surface area contributed by atoms with Crippen molar-refractivity contribution in [3.05, 3.63) is 75.6 Å². The predicted molar refractivity (Wildman–Crippen MR) is 116 cm³/mol. The zero-order valence-corrected chi connectivity index (χ0v) is 17.7. The Morgan fingerprint density at radius 1 is 1.13 bits per heavy atom. The second kappa shape index (κ2) is 9.85. The van der Waals surface area contributed by atoms with Crippen LogP contribution in [-0.4, -0.2) is 37.3 Å². The van der Waals surface area contributed by atoms with Crippen molar-refractivity contribution in [3.63, 3.8) is 0 Å². The number of hydrogen-bond donors (Lipinski definition) is 2. The van der Waals surface area contributed by atoms with Crippen LogP contribution in [0.2, 0.25) is 0 Å². The maximum absolute atomic E-state index is 12.3. The van der Waals surface area contributed by atoms with Crippen molar-refractivity contribution < 1.29 is 14.5 Å². The molecule has 2 aromatic carbocycles. The molecule has 11 heteroatoms. The lowest BCUT2D eigenvalue weighted by atomic mass is 10.1. The van der Waals surface area contributed by atoms with Gasteiger partial charge in [-0.1, -0.05) is 30.0 Å². The van der Waals surface area contributed by atoms with Crippen LogP contribution in [0.3, 0.4) is 0 Å². The molecule has 0 radical (unpaired) electrons. The number of rotatable bonds is 8. The molecular weight excluding hydrogens is 420 g/mol. The lowest BCUT2D eigenvalue weighted by Crippen LogP contribution is -2.25. The molecule has 1 aromatic heterocycles. The minimum atomic E-state index is -0.503. The fourth-order valence-corrected chi connectivity index (χ4v) is 3.43. The lowest BCUT2D eigenvalue weighted by molar-refractivity contribution is -0.384. The van der Waals surface area contributed by atoms with E-state index in [1.54, 1.807) is 23.7 Å². The fourth-order valence-electron chi connectivity index (χ4n) is 2.70. The fraction of sp³-hybridized carbons (Fsp3) is 0.200. The SMILES string of the molecule is Cc1ccccc1C(=O)NCc1nnc(SCC(=O)Nc2ccc([N+](=O)[O-])cc2)n1C. The molecule has 0 aliphatic carbocycles. The molecule has 160 valence electrons. The summed E-state index contributed by atoms with van der Waals surface area (Å²) in [5, 5.41) is 24.8. The monoisotopic (exact) mass is 440 g/mol. The highest BCUT2D eigenvalue weighted by molar-refractivity contribution is 7.99. The molecule has 1 heterocycles. The third-order valence-electron chi connectivity index (χ3n) is 4.42. The van der Waals surface area contributed by atoms with Gasteiger partial charge in [-0.15, -0.1) is 10.2 Å². The molecule has 2 amide bonds. The Bertz CT molecular complexity index is 1110. The highest BCUT2D eigenvalue weighted by atomic mass is 32.2. The predicted octanol–water partition coefficient (Wildman–Crippen LogP) is 2.69. The lowest BCUT2D eigenvalue weighted by Gasteiger charge is -2.08. The van der Waals surface area contributed by atoms with Gasteiger partial charge in [-0.3, -0.25) is 19.7 Å². The summed E-state index contributed by atoms with van der Waals surface area (Å²) in [5.74, 6) is 0.160. The molecule has 10 nitrogen and oxygen atoms in total. The van der Waals surface area contributed by atoms with Gasteiger partial charge in [0, 0.05) is 30.4 Å². The number of nitrogens with one attached hydrogen (secondary N) is 2. The van der Waals surface area contributed by atoms with Crippen molar-refractivity contribution >= 4 is 35.0 Å². The van der Waals surface area contributed by atoms with E-state index >= 15 is 0 Å². The molecular formula is C20H20N6O4S. The first kappa shape index (κ1) is 22.0. The number of carbonyl (C=O) groups is 2. The molecule has 2 N–H and O–H groups in total. The summed E-state index contributed by atoms with van der Waals surface area (Å²) in [6.07, 6.45) is 0. The van der Waals surface area contributed by atoms with Crippen LogP contribution in [0.5, 0.6) is 0 Å². The third-order valence-corrected chi connectivity index (χ3v) is 5.44. The topological polar surface area (TPSA) is 132 Å². The van der Waals surface area contributed by atoms with Crippen molar-refractivity contribution in [2.75, 3.05) is 11.1 Å². The molecule has 0 bridgehead atoms. The summed E-state index contributed by atoms with van der Waals surface area (Å²) in [6, 6.07) is 12.9. The summed E-state index contributed by atoms with van der Waals surface area (Å²) in [4.78, 5) is 34.7. The maximum Gasteiger partial charge on any atom is 0.269 e. The summed E-state index contributed by atoms with van der Waals surface area (Å²) < 4.78 is 1.71. The number of hydrogen-bond acceptors (Lipinski definition) is 7. The molecule has 0 aliphatic heterocycles. The largest absolute Gasteiger partial charge is 0.345 e. The summed E-state index contributed by atoms with van der Waals surface area (Å²) in [5.41, 5.74) is 1.90. The van der Waals surface area contributed by atoms with E-state index in [0.717, 1.165) is 5.56 Å². The average molecular weight is 440 g/mol. The van der Waals surface area contributed by atoms with Gasteiger partial charge in [-0.05, 0) is 30.7 Å². The number of benzene rings is 2. The minimum absolute atomic E-state index is 0.0477. The first-order valence-corrected chi connectivity index (χ1v) is 10.2. The standard InChI is InChI=1S/C20H20N6O4S/c1-13-5-3-4-6-16(13)19(28)21-11-17-23-24-20(25(17)2)31-12-18(27)22-14-7-9-15(10-8-14)26(29)30/h3-10H,11-12H2,1-2H3,(H,21,28)(H,22,27). The van der Waals surface area contributed by atoms with Crippen LogP contribution < -0.4 is 10.6 Å². The number of aromatic nitrogens is 3. The Hall–Kier alpha value is -3.73. The van der Waals surface area contributed by atoms with Gasteiger partial charge >= 0.3 is 0 Å². The van der Waals surface area contributed by atoms with E-state index in [4.69, 9.17) is 0 Å². The van der Waals surface area contributed by atoms with Crippen molar-refractivity contribution in [2.24, 2.45) is 7.05 Å². The van der Waals surface area contributed by atoms with Gasteiger partial charge < -0.3 is 15.2 Å². The molecule has 3 aromatic rings. The maximum atomic E-state index is 12.3. The zero-order chi connectivity index (χ0) is 22.4. The van der Waals surface area contributed by atoms with Crippen LogP contribution in [0.25, 0.3) is 0 Å². The Labute approximate surface area is 182 Å². The van der Waals surface area contributed by atoms with E-state index in [1.807, 2.05) is 19.1 Å². The molecule has 3 rings (SSSR count). The van der Waals surface area contributed by atoms with Crippen molar-refractivity contribution in [2.45, 2.75) is 18.6 Å². The second-order valence-corrected chi connectivity index (χ2v) is 7.54. The summed E-state index contributed by atoms with van der Waals surface area (Å²) in [6.45, 7) is 2.07. The number of nitrogens with zero attached hydrogens (tertiary/aromatic N) is 4. The van der Waals surface area contributed by atoms with Crippen LogP contribution >= 0.6 is 11.8 Å². The third kappa shape index (κ3) is 5.66. The van der Waals surface area contributed by atoms with Crippen molar-refractivity contribution in [1.82, 2.24) is 20.1 Å². The Morgan fingerprint density at radius 3 is 2.52 bits per heavy atom. The first-order chi connectivity index (χ1) is 14.8. The number of thioether (sulfide) groups is 1. The van der Waals surface area contributed by atoms with Crippen LogP contribution in [0.1, 0.15) is 21.7 Å². The van der Waals surface area contributed by atoms with Gasteiger partial charge in [-0.2, -0.15) is 0 Å². The molecule has 0 atom stereocenters. The van der Waals surface area contributed by atoms with Gasteiger partial charge in [0.1, 0.15) is 0 Å². The van der Waals surface area contributed by atoms with E-state index in [0.29, 0.717) is 22.2 Å². The van der Waals surface area contributed by atoms with Gasteiger partial charge in [0.2, 0.25) is 5.91 Å². The van der Waals surface area contributed by atoms with Crippen molar-refractivity contribution in [3.8, 4) is 0 Å². The zero-order valence-electron chi connectivity index (χ0n) is 16.9. The van der Waals surface area contributed by atoms with Gasteiger partial charge in [0.25, 0.3) is 11.6 Å². The van der Waals surface area contributed by atoms with Crippen LogP contribution in [-0.2, 0) is 18.4 Å². The van der Waals surface area contributed by atoms with Gasteiger partial charge in [0.05, 0.1) is 17.2 Å². The number of carbonyl (C=O) groups excluding carboxylic acids is 2. The van der Waals surface area contributed by atoms with E-state index in [1.165, 1.54) is 36.0 Å². The minimum Gasteiger partial charge on any atom is -0.345 e. The first-order valence-electron chi connectivity index (χ1n) is 9.24. The smallest absolute Gasteiger partial charge is 0.269 e. The summed E-state index contributed by atoms with van der Waals surface area (Å²) >= 11 is 1.19. The molecule has 0 unspecified atom stereocenters. The number of aryl methyl sites for hydroxylation is 1. The molecule has 0 aliphatic rings. The van der Waals surface area contributed by atoms with Crippen LogP contribution in [0.15, 0.2) is 53.7 Å². The Balaban J connectivity index is 1.51. The highest BCUT2D eigenvalue weighted by Crippen LogP contribution is 2.18. The van der Waals surface area contributed by atoms with Gasteiger partial charge in [0.15, 0.2) is 11.0 Å². The molecule has 0 spiro atoms. The number of amides is 2. The molecule has 0 fully saturated rings. The number of anilines is 1. The number of nitro benzene ring substituents is 1. The van der Waals surface area contributed by atoms with E-state index < -0.39 is 4.92 Å².